The molecule has 0 spiro atoms. The van der Waals surface area contributed by atoms with E-state index in [2.05, 4.69) is 48.7 Å². The third-order valence-electron chi connectivity index (χ3n) is 3.93. The van der Waals surface area contributed by atoms with Gasteiger partial charge < -0.3 is 5.73 Å². The van der Waals surface area contributed by atoms with Crippen LogP contribution in [0.3, 0.4) is 0 Å². The van der Waals surface area contributed by atoms with Crippen LogP contribution in [-0.4, -0.2) is 16.3 Å². The zero-order valence-electron chi connectivity index (χ0n) is 11.5. The summed E-state index contributed by atoms with van der Waals surface area (Å²) < 4.78 is 3.14. The Kier molecular flexibility index (Phi) is 4.78. The summed E-state index contributed by atoms with van der Waals surface area (Å²) in [4.78, 5) is 0. The Bertz CT molecular complexity index is 384. The molecule has 17 heavy (non-hydrogen) atoms. The first-order chi connectivity index (χ1) is 7.85. The lowest BCUT2D eigenvalue weighted by Crippen LogP contribution is -2.35. The van der Waals surface area contributed by atoms with Crippen molar-refractivity contribution < 1.29 is 0 Å². The number of nitrogens with two attached hydrogens (primary N) is 1. The molecular weight excluding hydrogens is 278 g/mol. The van der Waals surface area contributed by atoms with Gasteiger partial charge in [-0.15, -0.1) is 0 Å². The highest BCUT2D eigenvalue weighted by molar-refractivity contribution is 9.10. The Labute approximate surface area is 113 Å². The van der Waals surface area contributed by atoms with Crippen LogP contribution in [0, 0.1) is 11.3 Å². The molecule has 0 aliphatic heterocycles. The van der Waals surface area contributed by atoms with Crippen molar-refractivity contribution >= 4 is 15.9 Å². The molecule has 0 amide bonds. The van der Waals surface area contributed by atoms with Crippen LogP contribution in [0.4, 0.5) is 0 Å². The molecule has 1 aromatic heterocycles. The molecule has 1 unspecified atom stereocenters. The molecule has 3 nitrogen and oxygen atoms in total. The second-order valence-corrected chi connectivity index (χ2v) is 6.17. The van der Waals surface area contributed by atoms with E-state index in [4.69, 9.17) is 5.73 Å². The Balaban J connectivity index is 3.06. The molecule has 1 aromatic rings. The Morgan fingerprint density at radius 2 is 2.06 bits per heavy atom. The number of aryl methyl sites for hydroxylation is 2. The molecule has 0 aliphatic carbocycles. The van der Waals surface area contributed by atoms with Crippen LogP contribution in [0.2, 0.25) is 0 Å². The second-order valence-electron chi connectivity index (χ2n) is 5.37. The molecule has 98 valence electrons. The monoisotopic (exact) mass is 301 g/mol. The minimum Gasteiger partial charge on any atom is -0.330 e. The third-order valence-corrected chi connectivity index (χ3v) is 4.85. The standard InChI is InChI=1S/C13H24BrN3/c1-6-10-12(14)11(17(5)16-10)7-13(4,8-15)9(2)3/h9H,6-8,15H2,1-5H3. The van der Waals surface area contributed by atoms with Crippen molar-refractivity contribution in [1.29, 1.82) is 0 Å². The average Bonchev–Trinajstić information content (AvgIpc) is 2.55. The zero-order chi connectivity index (χ0) is 13.2. The van der Waals surface area contributed by atoms with Gasteiger partial charge in [-0.25, -0.2) is 0 Å². The van der Waals surface area contributed by atoms with Crippen molar-refractivity contribution in [2.75, 3.05) is 6.54 Å². The normalized spacial score (nSPS) is 15.3. The highest BCUT2D eigenvalue weighted by Crippen LogP contribution is 2.33. The molecule has 4 heteroatoms. The van der Waals surface area contributed by atoms with Gasteiger partial charge in [-0.2, -0.15) is 5.10 Å². The molecule has 1 atom stereocenters. The van der Waals surface area contributed by atoms with Gasteiger partial charge in [0.1, 0.15) is 0 Å². The molecular formula is C13H24BrN3. The first kappa shape index (κ1) is 14.7. The van der Waals surface area contributed by atoms with Crippen LogP contribution < -0.4 is 5.73 Å². The van der Waals surface area contributed by atoms with E-state index in [1.54, 1.807) is 0 Å². The minimum absolute atomic E-state index is 0.126. The number of rotatable bonds is 5. The van der Waals surface area contributed by atoms with Gasteiger partial charge in [-0.1, -0.05) is 27.7 Å². The topological polar surface area (TPSA) is 43.8 Å². The van der Waals surface area contributed by atoms with Crippen molar-refractivity contribution in [3.05, 3.63) is 15.9 Å². The predicted molar refractivity (Wildman–Crippen MR) is 76.0 cm³/mol. The van der Waals surface area contributed by atoms with E-state index in [9.17, 15) is 0 Å². The maximum Gasteiger partial charge on any atom is 0.0766 e. The molecule has 0 fully saturated rings. The molecule has 0 bridgehead atoms. The van der Waals surface area contributed by atoms with Crippen molar-refractivity contribution in [3.63, 3.8) is 0 Å². The fourth-order valence-electron chi connectivity index (χ4n) is 1.91. The zero-order valence-corrected chi connectivity index (χ0v) is 13.1. The second kappa shape index (κ2) is 5.53. The van der Waals surface area contributed by atoms with Gasteiger partial charge >= 0.3 is 0 Å². The molecule has 0 saturated carbocycles. The van der Waals surface area contributed by atoms with Gasteiger partial charge in [0.15, 0.2) is 0 Å². The lowest BCUT2D eigenvalue weighted by molar-refractivity contribution is 0.222. The molecule has 1 rings (SSSR count). The number of hydrogen-bond acceptors (Lipinski definition) is 2. The van der Waals surface area contributed by atoms with Crippen LogP contribution >= 0.6 is 15.9 Å². The summed E-state index contributed by atoms with van der Waals surface area (Å²) in [6.45, 7) is 9.55. The largest absolute Gasteiger partial charge is 0.330 e. The summed E-state index contributed by atoms with van der Waals surface area (Å²) >= 11 is 3.67. The third kappa shape index (κ3) is 2.91. The van der Waals surface area contributed by atoms with Crippen LogP contribution in [0.15, 0.2) is 4.47 Å². The van der Waals surface area contributed by atoms with Crippen molar-refractivity contribution in [3.8, 4) is 0 Å². The predicted octanol–water partition coefficient (Wildman–Crippen LogP) is 2.91. The maximum atomic E-state index is 5.95. The molecule has 0 aromatic carbocycles. The lowest BCUT2D eigenvalue weighted by atomic mass is 9.75. The summed E-state index contributed by atoms with van der Waals surface area (Å²) in [6, 6.07) is 0. The number of nitrogens with zero attached hydrogens (tertiary/aromatic N) is 2. The number of hydrogen-bond donors (Lipinski definition) is 1. The fraction of sp³-hybridized carbons (Fsp3) is 0.769. The Morgan fingerprint density at radius 1 is 1.47 bits per heavy atom. The van der Waals surface area contributed by atoms with Gasteiger partial charge in [-0.05, 0) is 46.6 Å². The van der Waals surface area contributed by atoms with Gasteiger partial charge in [0, 0.05) is 7.05 Å². The van der Waals surface area contributed by atoms with Crippen LogP contribution in [-0.2, 0) is 19.9 Å². The summed E-state index contributed by atoms with van der Waals surface area (Å²) in [5.74, 6) is 0.555. The molecule has 0 aliphatic rings. The lowest BCUT2D eigenvalue weighted by Gasteiger charge is -2.32. The van der Waals surface area contributed by atoms with Crippen molar-refractivity contribution in [2.24, 2.45) is 24.1 Å². The highest BCUT2D eigenvalue weighted by Gasteiger charge is 2.29. The van der Waals surface area contributed by atoms with Crippen LogP contribution in [0.1, 0.15) is 39.1 Å². The van der Waals surface area contributed by atoms with E-state index in [-0.39, 0.29) is 5.41 Å². The van der Waals surface area contributed by atoms with Gasteiger partial charge in [-0.3, -0.25) is 4.68 Å². The van der Waals surface area contributed by atoms with Crippen LogP contribution in [0.25, 0.3) is 0 Å². The summed E-state index contributed by atoms with van der Waals surface area (Å²) in [6.07, 6.45) is 1.92. The first-order valence-corrected chi connectivity index (χ1v) is 7.05. The molecule has 1 heterocycles. The average molecular weight is 302 g/mol. The van der Waals surface area contributed by atoms with Gasteiger partial charge in [0.25, 0.3) is 0 Å². The van der Waals surface area contributed by atoms with Crippen molar-refractivity contribution in [2.45, 2.75) is 40.5 Å². The van der Waals surface area contributed by atoms with E-state index in [0.29, 0.717) is 12.5 Å². The van der Waals surface area contributed by atoms with E-state index >= 15 is 0 Å². The summed E-state index contributed by atoms with van der Waals surface area (Å²) in [7, 11) is 2.01. The van der Waals surface area contributed by atoms with Gasteiger partial charge in [0.2, 0.25) is 0 Å². The SMILES string of the molecule is CCc1nn(C)c(CC(C)(CN)C(C)C)c1Br. The Morgan fingerprint density at radius 3 is 2.41 bits per heavy atom. The van der Waals surface area contributed by atoms with E-state index in [1.807, 2.05) is 11.7 Å². The number of aromatic nitrogens is 2. The van der Waals surface area contributed by atoms with Crippen LogP contribution in [0.5, 0.6) is 0 Å². The maximum absolute atomic E-state index is 5.95. The molecule has 0 saturated heterocycles. The summed E-state index contributed by atoms with van der Waals surface area (Å²) in [5.41, 5.74) is 8.46. The Hall–Kier alpha value is -0.350. The van der Waals surface area contributed by atoms with E-state index in [0.717, 1.165) is 23.0 Å². The van der Waals surface area contributed by atoms with E-state index in [1.165, 1.54) is 5.69 Å². The first-order valence-electron chi connectivity index (χ1n) is 6.26. The van der Waals surface area contributed by atoms with Crippen molar-refractivity contribution in [1.82, 2.24) is 9.78 Å². The minimum atomic E-state index is 0.126. The summed E-state index contributed by atoms with van der Waals surface area (Å²) in [5, 5.41) is 4.54. The van der Waals surface area contributed by atoms with Gasteiger partial charge in [0.05, 0.1) is 15.9 Å². The number of halogens is 1. The smallest absolute Gasteiger partial charge is 0.0766 e. The quantitative estimate of drug-likeness (QED) is 0.909. The highest BCUT2D eigenvalue weighted by atomic mass is 79.9. The molecule has 2 N–H and O–H groups in total. The van der Waals surface area contributed by atoms with E-state index < -0.39 is 0 Å². The molecule has 0 radical (unpaired) electrons. The fourth-order valence-corrected chi connectivity index (χ4v) is 2.66.